The predicted molar refractivity (Wildman–Crippen MR) is 88.5 cm³/mol. The van der Waals surface area contributed by atoms with Crippen molar-refractivity contribution in [2.75, 3.05) is 26.8 Å². The minimum atomic E-state index is 0.610. The summed E-state index contributed by atoms with van der Waals surface area (Å²) in [5.41, 5.74) is 3.47. The lowest BCUT2D eigenvalue weighted by Gasteiger charge is -2.31. The van der Waals surface area contributed by atoms with Crippen LogP contribution >= 0.6 is 0 Å². The van der Waals surface area contributed by atoms with Crippen LogP contribution in [0.2, 0.25) is 0 Å². The molecule has 1 aliphatic rings. The molecule has 3 rings (SSSR count). The molecule has 6 heteroatoms. The molecule has 1 aliphatic heterocycles. The molecule has 0 saturated carbocycles. The highest BCUT2D eigenvalue weighted by atomic mass is 16.5. The van der Waals surface area contributed by atoms with Gasteiger partial charge in [0.1, 0.15) is 0 Å². The average molecular weight is 315 g/mol. The Labute approximate surface area is 137 Å². The van der Waals surface area contributed by atoms with Gasteiger partial charge in [-0.3, -0.25) is 4.90 Å². The van der Waals surface area contributed by atoms with E-state index < -0.39 is 0 Å². The fourth-order valence-corrected chi connectivity index (χ4v) is 3.48. The fraction of sp³-hybridized carbons (Fsp3) is 0.588. The number of benzene rings is 1. The van der Waals surface area contributed by atoms with E-state index >= 15 is 0 Å². The van der Waals surface area contributed by atoms with Gasteiger partial charge in [0.2, 0.25) is 0 Å². The Balaban J connectivity index is 1.79. The second-order valence-corrected chi connectivity index (χ2v) is 6.45. The van der Waals surface area contributed by atoms with Gasteiger partial charge in [-0.05, 0) is 60.7 Å². The smallest absolute Gasteiger partial charge is 0.170 e. The van der Waals surface area contributed by atoms with E-state index in [1.807, 2.05) is 4.68 Å². The van der Waals surface area contributed by atoms with Crippen LogP contribution in [0, 0.1) is 19.8 Å². The largest absolute Gasteiger partial charge is 0.384 e. The molecule has 2 aromatic rings. The van der Waals surface area contributed by atoms with Crippen LogP contribution in [-0.2, 0) is 11.3 Å². The minimum Gasteiger partial charge on any atom is -0.384 e. The molecule has 0 radical (unpaired) electrons. The van der Waals surface area contributed by atoms with Crippen LogP contribution in [0.25, 0.3) is 5.69 Å². The molecule has 0 N–H and O–H groups in total. The van der Waals surface area contributed by atoms with Crippen LogP contribution in [-0.4, -0.2) is 51.9 Å². The zero-order valence-corrected chi connectivity index (χ0v) is 14.2. The summed E-state index contributed by atoms with van der Waals surface area (Å²) in [7, 11) is 1.78. The molecule has 2 heterocycles. The van der Waals surface area contributed by atoms with Gasteiger partial charge in [-0.2, -0.15) is 4.68 Å². The Kier molecular flexibility index (Phi) is 5.03. The number of ether oxygens (including phenoxy) is 1. The summed E-state index contributed by atoms with van der Waals surface area (Å²) >= 11 is 0. The molecule has 0 aliphatic carbocycles. The van der Waals surface area contributed by atoms with Crippen molar-refractivity contribution in [2.24, 2.45) is 5.92 Å². The monoisotopic (exact) mass is 315 g/mol. The van der Waals surface area contributed by atoms with Gasteiger partial charge in [0.15, 0.2) is 5.82 Å². The lowest BCUT2D eigenvalue weighted by molar-refractivity contribution is 0.0858. The Morgan fingerprint density at radius 2 is 2.04 bits per heavy atom. The van der Waals surface area contributed by atoms with Crippen molar-refractivity contribution in [1.82, 2.24) is 25.1 Å². The van der Waals surface area contributed by atoms with E-state index in [1.165, 1.54) is 24.0 Å². The zero-order valence-electron chi connectivity index (χ0n) is 14.2. The first-order valence-corrected chi connectivity index (χ1v) is 8.24. The molecule has 0 amide bonds. The van der Waals surface area contributed by atoms with Gasteiger partial charge < -0.3 is 4.74 Å². The highest BCUT2D eigenvalue weighted by molar-refractivity contribution is 5.46. The molecule has 1 aromatic carbocycles. The number of hydrogen-bond donors (Lipinski definition) is 0. The number of para-hydroxylation sites is 1. The number of piperidine rings is 1. The van der Waals surface area contributed by atoms with Gasteiger partial charge in [-0.15, -0.1) is 5.10 Å². The summed E-state index contributed by atoms with van der Waals surface area (Å²) < 4.78 is 7.21. The maximum atomic E-state index is 5.32. The maximum absolute atomic E-state index is 5.32. The zero-order chi connectivity index (χ0) is 16.2. The summed E-state index contributed by atoms with van der Waals surface area (Å²) in [6.07, 6.45) is 2.45. The molecule has 124 valence electrons. The number of tetrazole rings is 1. The van der Waals surface area contributed by atoms with E-state index in [4.69, 9.17) is 4.74 Å². The SMILES string of the molecule is COC[C@H]1CCCN(Cc2nnnn2-c2c(C)cccc2C)C1. The Morgan fingerprint density at radius 3 is 2.78 bits per heavy atom. The van der Waals surface area contributed by atoms with E-state index in [9.17, 15) is 0 Å². The van der Waals surface area contributed by atoms with E-state index in [-0.39, 0.29) is 0 Å². The average Bonchev–Trinajstić information content (AvgIpc) is 2.96. The van der Waals surface area contributed by atoms with Crippen LogP contribution in [0.5, 0.6) is 0 Å². The third-order valence-electron chi connectivity index (χ3n) is 4.56. The second kappa shape index (κ2) is 7.19. The Hall–Kier alpha value is -1.79. The number of likely N-dealkylation sites (tertiary alicyclic amines) is 1. The van der Waals surface area contributed by atoms with Crippen molar-refractivity contribution in [3.63, 3.8) is 0 Å². The summed E-state index contributed by atoms with van der Waals surface area (Å²) in [6.45, 7) is 7.96. The molecular formula is C17H25N5O. The number of aromatic nitrogens is 4. The molecule has 1 aromatic heterocycles. The van der Waals surface area contributed by atoms with E-state index in [0.29, 0.717) is 5.92 Å². The third-order valence-corrected chi connectivity index (χ3v) is 4.56. The molecule has 1 fully saturated rings. The van der Waals surface area contributed by atoms with Gasteiger partial charge in [-0.1, -0.05) is 18.2 Å². The van der Waals surface area contributed by atoms with Crippen molar-refractivity contribution < 1.29 is 4.74 Å². The van der Waals surface area contributed by atoms with Crippen molar-refractivity contribution >= 4 is 0 Å². The first-order valence-electron chi connectivity index (χ1n) is 8.24. The normalized spacial score (nSPS) is 19.2. The molecular weight excluding hydrogens is 290 g/mol. The fourth-order valence-electron chi connectivity index (χ4n) is 3.48. The van der Waals surface area contributed by atoms with Crippen LogP contribution in [0.15, 0.2) is 18.2 Å². The molecule has 0 spiro atoms. The Morgan fingerprint density at radius 1 is 1.26 bits per heavy atom. The standard InChI is InChI=1S/C17H25N5O/c1-13-6-4-7-14(2)17(13)22-16(18-19-20-22)11-21-9-5-8-15(10-21)12-23-3/h4,6-7,15H,5,8-12H2,1-3H3/t15-/m0/s1. The molecule has 0 unspecified atom stereocenters. The van der Waals surface area contributed by atoms with Crippen LogP contribution in [0.4, 0.5) is 0 Å². The molecule has 1 saturated heterocycles. The summed E-state index contributed by atoms with van der Waals surface area (Å²) in [5.74, 6) is 1.51. The van der Waals surface area contributed by atoms with Gasteiger partial charge in [0, 0.05) is 13.7 Å². The number of aryl methyl sites for hydroxylation is 2. The molecule has 23 heavy (non-hydrogen) atoms. The third kappa shape index (κ3) is 3.59. The maximum Gasteiger partial charge on any atom is 0.170 e. The van der Waals surface area contributed by atoms with Crippen molar-refractivity contribution in [2.45, 2.75) is 33.2 Å². The predicted octanol–water partition coefficient (Wildman–Crippen LogP) is 2.14. The highest BCUT2D eigenvalue weighted by Crippen LogP contribution is 2.21. The van der Waals surface area contributed by atoms with E-state index in [1.54, 1.807) is 7.11 Å². The van der Waals surface area contributed by atoms with Crippen LogP contribution in [0.1, 0.15) is 29.8 Å². The topological polar surface area (TPSA) is 56.1 Å². The molecule has 6 nitrogen and oxygen atoms in total. The van der Waals surface area contributed by atoms with Gasteiger partial charge in [0.25, 0.3) is 0 Å². The first kappa shape index (κ1) is 16.1. The van der Waals surface area contributed by atoms with Crippen molar-refractivity contribution in [3.05, 3.63) is 35.2 Å². The van der Waals surface area contributed by atoms with Crippen LogP contribution in [0.3, 0.4) is 0 Å². The van der Waals surface area contributed by atoms with E-state index in [0.717, 1.165) is 37.8 Å². The van der Waals surface area contributed by atoms with Crippen molar-refractivity contribution in [3.8, 4) is 5.69 Å². The Bertz CT molecular complexity index is 632. The second-order valence-electron chi connectivity index (χ2n) is 6.45. The summed E-state index contributed by atoms with van der Waals surface area (Å²) in [4.78, 5) is 2.43. The van der Waals surface area contributed by atoms with E-state index in [2.05, 4.69) is 52.5 Å². The summed E-state index contributed by atoms with van der Waals surface area (Å²) in [6, 6.07) is 6.27. The van der Waals surface area contributed by atoms with Gasteiger partial charge in [-0.25, -0.2) is 0 Å². The minimum absolute atomic E-state index is 0.610. The molecule has 1 atom stereocenters. The lowest BCUT2D eigenvalue weighted by Crippen LogP contribution is -2.37. The summed E-state index contributed by atoms with van der Waals surface area (Å²) in [5, 5.41) is 12.4. The number of nitrogens with zero attached hydrogens (tertiary/aromatic N) is 5. The van der Waals surface area contributed by atoms with Gasteiger partial charge >= 0.3 is 0 Å². The van der Waals surface area contributed by atoms with Gasteiger partial charge in [0.05, 0.1) is 18.8 Å². The number of rotatable bonds is 5. The lowest BCUT2D eigenvalue weighted by atomic mass is 9.99. The van der Waals surface area contributed by atoms with Crippen molar-refractivity contribution in [1.29, 1.82) is 0 Å². The first-order chi connectivity index (χ1) is 11.2. The molecule has 0 bridgehead atoms. The van der Waals surface area contributed by atoms with Crippen LogP contribution < -0.4 is 0 Å². The number of methoxy groups -OCH3 is 1. The number of hydrogen-bond acceptors (Lipinski definition) is 5. The quantitative estimate of drug-likeness (QED) is 0.846. The highest BCUT2D eigenvalue weighted by Gasteiger charge is 2.22.